The molecule has 3 rings (SSSR count). The SMILES string of the molecule is CN(Cc1ccccc1C(F)(F)F)C(=O)Cn1c(=O)cnc2ccccc21. The fourth-order valence-corrected chi connectivity index (χ4v) is 2.81. The van der Waals surface area contributed by atoms with Crippen LogP contribution in [0.5, 0.6) is 0 Å². The van der Waals surface area contributed by atoms with Gasteiger partial charge in [0.15, 0.2) is 0 Å². The van der Waals surface area contributed by atoms with Crippen molar-refractivity contribution in [3.05, 3.63) is 76.2 Å². The second-order valence-electron chi connectivity index (χ2n) is 6.08. The first-order chi connectivity index (χ1) is 12.8. The molecule has 0 aliphatic rings. The molecular weight excluding hydrogens is 359 g/mol. The third kappa shape index (κ3) is 3.99. The highest BCUT2D eigenvalue weighted by Gasteiger charge is 2.33. The highest BCUT2D eigenvalue weighted by atomic mass is 19.4. The molecule has 0 spiro atoms. The van der Waals surface area contributed by atoms with Crippen molar-refractivity contribution in [2.24, 2.45) is 0 Å². The average Bonchev–Trinajstić information content (AvgIpc) is 2.63. The van der Waals surface area contributed by atoms with Gasteiger partial charge in [-0.2, -0.15) is 13.2 Å². The van der Waals surface area contributed by atoms with E-state index in [0.29, 0.717) is 11.0 Å². The summed E-state index contributed by atoms with van der Waals surface area (Å²) in [6.07, 6.45) is -3.38. The van der Waals surface area contributed by atoms with Crippen molar-refractivity contribution in [3.63, 3.8) is 0 Å². The molecule has 1 aromatic heterocycles. The van der Waals surface area contributed by atoms with Gasteiger partial charge in [0.25, 0.3) is 5.56 Å². The predicted octanol–water partition coefficient (Wildman–Crippen LogP) is 3.07. The summed E-state index contributed by atoms with van der Waals surface area (Å²) >= 11 is 0. The zero-order valence-electron chi connectivity index (χ0n) is 14.4. The Hall–Kier alpha value is -3.16. The molecule has 27 heavy (non-hydrogen) atoms. The number of fused-ring (bicyclic) bond motifs is 1. The molecule has 1 heterocycles. The first-order valence-corrected chi connectivity index (χ1v) is 8.11. The van der Waals surface area contributed by atoms with E-state index in [-0.39, 0.29) is 18.7 Å². The minimum Gasteiger partial charge on any atom is -0.340 e. The van der Waals surface area contributed by atoms with Gasteiger partial charge in [-0.3, -0.25) is 14.2 Å². The molecule has 3 aromatic rings. The van der Waals surface area contributed by atoms with Gasteiger partial charge < -0.3 is 4.90 Å². The van der Waals surface area contributed by atoms with E-state index in [1.807, 2.05) is 0 Å². The highest BCUT2D eigenvalue weighted by Crippen LogP contribution is 2.32. The van der Waals surface area contributed by atoms with Crippen LogP contribution in [0, 0.1) is 0 Å². The maximum absolute atomic E-state index is 13.1. The van der Waals surface area contributed by atoms with E-state index in [0.717, 1.165) is 12.3 Å². The summed E-state index contributed by atoms with van der Waals surface area (Å²) in [5.74, 6) is -0.481. The van der Waals surface area contributed by atoms with Crippen LogP contribution in [-0.4, -0.2) is 27.4 Å². The van der Waals surface area contributed by atoms with Crippen LogP contribution in [0.1, 0.15) is 11.1 Å². The molecule has 0 atom stereocenters. The van der Waals surface area contributed by atoms with E-state index < -0.39 is 23.2 Å². The van der Waals surface area contributed by atoms with Crippen LogP contribution < -0.4 is 5.56 Å². The summed E-state index contributed by atoms with van der Waals surface area (Å²) in [6.45, 7) is -0.501. The molecule has 140 valence electrons. The quantitative estimate of drug-likeness (QED) is 0.704. The second kappa shape index (κ2) is 7.22. The fraction of sp³-hybridized carbons (Fsp3) is 0.211. The average molecular weight is 375 g/mol. The number of halogens is 3. The molecule has 0 fully saturated rings. The Bertz CT molecular complexity index is 1040. The molecule has 0 aliphatic carbocycles. The Labute approximate surface area is 152 Å². The second-order valence-corrected chi connectivity index (χ2v) is 6.08. The zero-order valence-corrected chi connectivity index (χ0v) is 14.4. The van der Waals surface area contributed by atoms with Gasteiger partial charge in [-0.15, -0.1) is 0 Å². The number of nitrogens with zero attached hydrogens (tertiary/aromatic N) is 3. The van der Waals surface area contributed by atoms with Gasteiger partial charge in [-0.05, 0) is 23.8 Å². The number of rotatable bonds is 4. The van der Waals surface area contributed by atoms with Gasteiger partial charge in [0, 0.05) is 13.6 Å². The lowest BCUT2D eigenvalue weighted by atomic mass is 10.1. The Morgan fingerprint density at radius 3 is 2.52 bits per heavy atom. The van der Waals surface area contributed by atoms with Gasteiger partial charge in [0.05, 0.1) is 22.8 Å². The molecule has 1 amide bonds. The van der Waals surface area contributed by atoms with Crippen molar-refractivity contribution < 1.29 is 18.0 Å². The number of para-hydroxylation sites is 2. The normalized spacial score (nSPS) is 11.6. The number of likely N-dealkylation sites (N-methyl/N-ethyl adjacent to an activating group) is 1. The van der Waals surface area contributed by atoms with Crippen molar-refractivity contribution in [2.45, 2.75) is 19.3 Å². The number of carbonyl (C=O) groups excluding carboxylic acids is 1. The van der Waals surface area contributed by atoms with Crippen molar-refractivity contribution in [3.8, 4) is 0 Å². The maximum atomic E-state index is 13.1. The van der Waals surface area contributed by atoms with Crippen LogP contribution >= 0.6 is 0 Å². The third-order valence-corrected chi connectivity index (χ3v) is 4.20. The largest absolute Gasteiger partial charge is 0.416 e. The first-order valence-electron chi connectivity index (χ1n) is 8.11. The number of aromatic nitrogens is 2. The first kappa shape index (κ1) is 18.6. The lowest BCUT2D eigenvalue weighted by Crippen LogP contribution is -2.34. The van der Waals surface area contributed by atoms with Gasteiger partial charge in [0.2, 0.25) is 5.91 Å². The van der Waals surface area contributed by atoms with E-state index in [2.05, 4.69) is 4.98 Å². The number of hydrogen-bond donors (Lipinski definition) is 0. The summed E-state index contributed by atoms with van der Waals surface area (Å²) in [4.78, 5) is 29.8. The monoisotopic (exact) mass is 375 g/mol. The molecule has 5 nitrogen and oxygen atoms in total. The van der Waals surface area contributed by atoms with Gasteiger partial charge >= 0.3 is 6.18 Å². The molecule has 8 heteroatoms. The summed E-state index contributed by atoms with van der Waals surface area (Å²) in [5, 5.41) is 0. The number of benzene rings is 2. The molecule has 0 saturated heterocycles. The topological polar surface area (TPSA) is 55.2 Å². The number of hydrogen-bond acceptors (Lipinski definition) is 3. The molecule has 0 radical (unpaired) electrons. The molecule has 0 N–H and O–H groups in total. The van der Waals surface area contributed by atoms with E-state index in [9.17, 15) is 22.8 Å². The molecule has 2 aromatic carbocycles. The molecular formula is C19H16F3N3O2. The number of amides is 1. The van der Waals surface area contributed by atoms with Crippen LogP contribution in [0.2, 0.25) is 0 Å². The Balaban J connectivity index is 1.85. The van der Waals surface area contributed by atoms with Crippen molar-refractivity contribution in [2.75, 3.05) is 7.05 Å². The van der Waals surface area contributed by atoms with Crippen LogP contribution in [0.4, 0.5) is 13.2 Å². The zero-order chi connectivity index (χ0) is 19.6. The Morgan fingerprint density at radius 2 is 1.78 bits per heavy atom. The number of carbonyl (C=O) groups is 1. The Morgan fingerprint density at radius 1 is 1.11 bits per heavy atom. The van der Waals surface area contributed by atoms with Crippen LogP contribution in [-0.2, 0) is 24.1 Å². The fourth-order valence-electron chi connectivity index (χ4n) is 2.81. The molecule has 0 saturated carbocycles. The molecule has 0 unspecified atom stereocenters. The summed E-state index contributed by atoms with van der Waals surface area (Å²) in [5.41, 5.74) is -0.201. The predicted molar refractivity (Wildman–Crippen MR) is 93.9 cm³/mol. The Kier molecular flexibility index (Phi) is 4.98. The van der Waals surface area contributed by atoms with E-state index in [4.69, 9.17) is 0 Å². The smallest absolute Gasteiger partial charge is 0.340 e. The van der Waals surface area contributed by atoms with Crippen molar-refractivity contribution in [1.82, 2.24) is 14.5 Å². The van der Waals surface area contributed by atoms with Crippen LogP contribution in [0.25, 0.3) is 11.0 Å². The lowest BCUT2D eigenvalue weighted by molar-refractivity contribution is -0.139. The van der Waals surface area contributed by atoms with Gasteiger partial charge in [-0.1, -0.05) is 30.3 Å². The standard InChI is InChI=1S/C19H16F3N3O2/c1-24(11-13-6-2-3-7-14(13)19(20,21)22)18(27)12-25-16-9-5-4-8-15(16)23-10-17(25)26/h2-10H,11-12H2,1H3. The van der Waals surface area contributed by atoms with E-state index in [1.54, 1.807) is 24.3 Å². The van der Waals surface area contributed by atoms with E-state index in [1.165, 1.54) is 34.7 Å². The minimum atomic E-state index is -4.50. The van der Waals surface area contributed by atoms with Gasteiger partial charge in [-0.25, -0.2) is 4.98 Å². The van der Waals surface area contributed by atoms with Crippen molar-refractivity contribution in [1.29, 1.82) is 0 Å². The van der Waals surface area contributed by atoms with Crippen molar-refractivity contribution >= 4 is 16.9 Å². The maximum Gasteiger partial charge on any atom is 0.416 e. The van der Waals surface area contributed by atoms with E-state index >= 15 is 0 Å². The summed E-state index contributed by atoms with van der Waals surface area (Å²) < 4.78 is 40.6. The van der Waals surface area contributed by atoms with Crippen LogP contribution in [0.15, 0.2) is 59.5 Å². The molecule has 0 bridgehead atoms. The third-order valence-electron chi connectivity index (χ3n) is 4.20. The molecule has 0 aliphatic heterocycles. The minimum absolute atomic E-state index is 0.00668. The van der Waals surface area contributed by atoms with Crippen LogP contribution in [0.3, 0.4) is 0 Å². The lowest BCUT2D eigenvalue weighted by Gasteiger charge is -2.21. The number of alkyl halides is 3. The summed E-state index contributed by atoms with van der Waals surface area (Å²) in [6, 6.07) is 11.9. The van der Waals surface area contributed by atoms with Gasteiger partial charge in [0.1, 0.15) is 6.54 Å². The summed E-state index contributed by atoms with van der Waals surface area (Å²) in [7, 11) is 1.41. The highest BCUT2D eigenvalue weighted by molar-refractivity contribution is 5.80.